The van der Waals surface area contributed by atoms with Crippen molar-refractivity contribution in [1.29, 1.82) is 0 Å². The topological polar surface area (TPSA) is 61.4 Å². The molecule has 124 valence electrons. The molecule has 5 nitrogen and oxygen atoms in total. The Morgan fingerprint density at radius 2 is 1.58 bits per heavy atom. The van der Waals surface area contributed by atoms with Crippen molar-refractivity contribution in [2.24, 2.45) is 0 Å². The van der Waals surface area contributed by atoms with Gasteiger partial charge in [-0.15, -0.1) is 0 Å². The zero-order chi connectivity index (χ0) is 16.9. The van der Waals surface area contributed by atoms with E-state index in [0.717, 1.165) is 25.9 Å². The molecule has 0 saturated carbocycles. The van der Waals surface area contributed by atoms with Crippen molar-refractivity contribution in [3.05, 3.63) is 59.9 Å². The van der Waals surface area contributed by atoms with E-state index < -0.39 is 11.7 Å². The minimum absolute atomic E-state index is 0.138. The van der Waals surface area contributed by atoms with E-state index in [0.29, 0.717) is 11.4 Å². The van der Waals surface area contributed by atoms with Crippen LogP contribution >= 0.6 is 0 Å². The third kappa shape index (κ3) is 3.90. The summed E-state index contributed by atoms with van der Waals surface area (Å²) in [5, 5.41) is 5.52. The number of amides is 3. The molecule has 1 aliphatic heterocycles. The molecular weight excluding hydrogens is 309 g/mol. The molecule has 1 saturated heterocycles. The van der Waals surface area contributed by atoms with Gasteiger partial charge in [0.1, 0.15) is 5.82 Å². The van der Waals surface area contributed by atoms with E-state index in [-0.39, 0.29) is 11.6 Å². The molecule has 0 unspecified atom stereocenters. The van der Waals surface area contributed by atoms with Crippen LogP contribution in [0.4, 0.5) is 20.6 Å². The molecule has 3 rings (SSSR count). The van der Waals surface area contributed by atoms with Gasteiger partial charge in [-0.3, -0.25) is 4.79 Å². The van der Waals surface area contributed by atoms with Gasteiger partial charge in [-0.1, -0.05) is 12.1 Å². The van der Waals surface area contributed by atoms with Crippen LogP contribution in [0, 0.1) is 5.82 Å². The standard InChI is InChI=1S/C18H18FN3O2/c19-14-6-3-5-13(11-14)17(23)20-15-7-4-8-16(12-15)21-18(24)22-9-1-2-10-22/h3-8,11-12H,1-2,9-10H2,(H,20,23)(H,21,24). The maximum absolute atomic E-state index is 13.2. The lowest BCUT2D eigenvalue weighted by molar-refractivity contribution is 0.102. The molecule has 3 amide bonds. The van der Waals surface area contributed by atoms with Gasteiger partial charge in [0.05, 0.1) is 0 Å². The highest BCUT2D eigenvalue weighted by atomic mass is 19.1. The number of urea groups is 1. The SMILES string of the molecule is O=C(Nc1cccc(NC(=O)N2CCCC2)c1)c1cccc(F)c1. The molecule has 24 heavy (non-hydrogen) atoms. The van der Waals surface area contributed by atoms with Crippen molar-refractivity contribution in [3.63, 3.8) is 0 Å². The smallest absolute Gasteiger partial charge is 0.321 e. The highest BCUT2D eigenvalue weighted by Crippen LogP contribution is 2.18. The number of carbonyl (C=O) groups is 2. The molecule has 6 heteroatoms. The Morgan fingerprint density at radius 3 is 2.29 bits per heavy atom. The molecule has 1 aliphatic rings. The second kappa shape index (κ2) is 7.12. The van der Waals surface area contributed by atoms with Crippen molar-refractivity contribution >= 4 is 23.3 Å². The van der Waals surface area contributed by atoms with Gasteiger partial charge in [0.2, 0.25) is 0 Å². The lowest BCUT2D eigenvalue weighted by atomic mass is 10.2. The van der Waals surface area contributed by atoms with Gasteiger partial charge in [0.25, 0.3) is 5.91 Å². The predicted octanol–water partition coefficient (Wildman–Crippen LogP) is 3.71. The fourth-order valence-electron chi connectivity index (χ4n) is 2.63. The Bertz CT molecular complexity index is 757. The summed E-state index contributed by atoms with van der Waals surface area (Å²) < 4.78 is 13.2. The van der Waals surface area contributed by atoms with E-state index in [2.05, 4.69) is 10.6 Å². The molecule has 0 aliphatic carbocycles. The number of halogens is 1. The van der Waals surface area contributed by atoms with Gasteiger partial charge in [-0.25, -0.2) is 9.18 Å². The second-order valence-electron chi connectivity index (χ2n) is 5.67. The van der Waals surface area contributed by atoms with Crippen molar-refractivity contribution in [3.8, 4) is 0 Å². The number of anilines is 2. The van der Waals surface area contributed by atoms with E-state index in [1.54, 1.807) is 29.2 Å². The van der Waals surface area contributed by atoms with Crippen molar-refractivity contribution in [2.45, 2.75) is 12.8 Å². The highest BCUT2D eigenvalue weighted by molar-refractivity contribution is 6.04. The summed E-state index contributed by atoms with van der Waals surface area (Å²) in [5.41, 5.74) is 1.37. The van der Waals surface area contributed by atoms with Crippen molar-refractivity contribution in [2.75, 3.05) is 23.7 Å². The molecule has 0 aromatic heterocycles. The molecule has 0 atom stereocenters. The zero-order valence-corrected chi connectivity index (χ0v) is 13.1. The van der Waals surface area contributed by atoms with Crippen LogP contribution in [0.25, 0.3) is 0 Å². The first-order valence-corrected chi connectivity index (χ1v) is 7.85. The number of rotatable bonds is 3. The maximum atomic E-state index is 13.2. The van der Waals surface area contributed by atoms with E-state index in [9.17, 15) is 14.0 Å². The van der Waals surface area contributed by atoms with E-state index in [1.165, 1.54) is 24.3 Å². The number of likely N-dealkylation sites (tertiary alicyclic amines) is 1. The maximum Gasteiger partial charge on any atom is 0.321 e. The lowest BCUT2D eigenvalue weighted by Crippen LogP contribution is -2.32. The molecule has 0 spiro atoms. The Balaban J connectivity index is 1.66. The summed E-state index contributed by atoms with van der Waals surface area (Å²) in [4.78, 5) is 26.0. The van der Waals surface area contributed by atoms with Crippen LogP contribution in [-0.4, -0.2) is 29.9 Å². The Kier molecular flexibility index (Phi) is 4.74. The predicted molar refractivity (Wildman–Crippen MR) is 90.6 cm³/mol. The number of carbonyl (C=O) groups excluding carboxylic acids is 2. The first kappa shape index (κ1) is 16.0. The molecule has 2 N–H and O–H groups in total. The zero-order valence-electron chi connectivity index (χ0n) is 13.1. The minimum Gasteiger partial charge on any atom is -0.325 e. The summed E-state index contributed by atoms with van der Waals surface area (Å²) in [7, 11) is 0. The Hall–Kier alpha value is -2.89. The van der Waals surface area contributed by atoms with E-state index in [4.69, 9.17) is 0 Å². The van der Waals surface area contributed by atoms with Crippen molar-refractivity contribution < 1.29 is 14.0 Å². The molecule has 1 heterocycles. The molecule has 2 aromatic carbocycles. The van der Waals surface area contributed by atoms with Gasteiger partial charge >= 0.3 is 6.03 Å². The first-order valence-electron chi connectivity index (χ1n) is 7.85. The molecule has 2 aromatic rings. The quantitative estimate of drug-likeness (QED) is 0.903. The minimum atomic E-state index is -0.464. The van der Waals surface area contributed by atoms with Crippen LogP contribution in [0.3, 0.4) is 0 Å². The molecule has 0 radical (unpaired) electrons. The Labute approximate surface area is 139 Å². The van der Waals surface area contributed by atoms with Crippen LogP contribution in [-0.2, 0) is 0 Å². The van der Waals surface area contributed by atoms with Crippen LogP contribution in [0.2, 0.25) is 0 Å². The van der Waals surface area contributed by atoms with Gasteiger partial charge in [-0.05, 0) is 49.2 Å². The van der Waals surface area contributed by atoms with Gasteiger partial charge in [0, 0.05) is 30.0 Å². The van der Waals surface area contributed by atoms with E-state index in [1.807, 2.05) is 0 Å². The second-order valence-corrected chi connectivity index (χ2v) is 5.67. The molecule has 1 fully saturated rings. The average Bonchev–Trinajstić information content (AvgIpc) is 3.10. The summed E-state index contributed by atoms with van der Waals surface area (Å²) >= 11 is 0. The largest absolute Gasteiger partial charge is 0.325 e. The van der Waals surface area contributed by atoms with Crippen LogP contribution in [0.1, 0.15) is 23.2 Å². The average molecular weight is 327 g/mol. The van der Waals surface area contributed by atoms with Gasteiger partial charge < -0.3 is 15.5 Å². The van der Waals surface area contributed by atoms with Crippen molar-refractivity contribution in [1.82, 2.24) is 4.90 Å². The summed E-state index contributed by atoms with van der Waals surface area (Å²) in [6.07, 6.45) is 2.05. The van der Waals surface area contributed by atoms with Crippen LogP contribution in [0.5, 0.6) is 0 Å². The number of hydrogen-bond donors (Lipinski definition) is 2. The summed E-state index contributed by atoms with van der Waals surface area (Å²) in [6.45, 7) is 1.53. The summed E-state index contributed by atoms with van der Waals surface area (Å²) in [6, 6.07) is 12.2. The van der Waals surface area contributed by atoms with E-state index >= 15 is 0 Å². The number of hydrogen-bond acceptors (Lipinski definition) is 2. The Morgan fingerprint density at radius 1 is 0.917 bits per heavy atom. The third-order valence-corrected chi connectivity index (χ3v) is 3.85. The van der Waals surface area contributed by atoms with Crippen LogP contribution < -0.4 is 10.6 Å². The number of benzene rings is 2. The van der Waals surface area contributed by atoms with Crippen LogP contribution in [0.15, 0.2) is 48.5 Å². The third-order valence-electron chi connectivity index (χ3n) is 3.85. The lowest BCUT2D eigenvalue weighted by Gasteiger charge is -2.16. The monoisotopic (exact) mass is 327 g/mol. The highest BCUT2D eigenvalue weighted by Gasteiger charge is 2.17. The first-order chi connectivity index (χ1) is 11.6. The summed E-state index contributed by atoms with van der Waals surface area (Å²) in [5.74, 6) is -0.869. The van der Waals surface area contributed by atoms with Gasteiger partial charge in [-0.2, -0.15) is 0 Å². The fourth-order valence-corrected chi connectivity index (χ4v) is 2.63. The molecular formula is C18H18FN3O2. The van der Waals surface area contributed by atoms with Gasteiger partial charge in [0.15, 0.2) is 0 Å². The molecule has 0 bridgehead atoms. The normalized spacial score (nSPS) is 13.6. The number of nitrogens with one attached hydrogen (secondary N) is 2. The fraction of sp³-hybridized carbons (Fsp3) is 0.222. The number of nitrogens with zero attached hydrogens (tertiary/aromatic N) is 1.